The molecule has 2 unspecified atom stereocenters. The van der Waals surface area contributed by atoms with Crippen LogP contribution < -0.4 is 10.6 Å². The highest BCUT2D eigenvalue weighted by Gasteiger charge is 2.12. The van der Waals surface area contributed by atoms with E-state index in [1.807, 2.05) is 29.8 Å². The van der Waals surface area contributed by atoms with Gasteiger partial charge in [-0.2, -0.15) is 0 Å². The van der Waals surface area contributed by atoms with E-state index < -0.39 is 0 Å². The van der Waals surface area contributed by atoms with Crippen molar-refractivity contribution < 1.29 is 4.79 Å². The maximum absolute atomic E-state index is 11.9. The Balaban J connectivity index is 2.03. The van der Waals surface area contributed by atoms with Gasteiger partial charge in [-0.05, 0) is 12.5 Å². The maximum Gasteiger partial charge on any atom is 0.243 e. The Morgan fingerprint density at radius 3 is 2.62 bits per heavy atom. The topological polar surface area (TPSA) is 69.6 Å². The molecular formula is C19H27N5OS. The van der Waals surface area contributed by atoms with E-state index in [-0.39, 0.29) is 24.4 Å². The van der Waals surface area contributed by atoms with E-state index in [0.717, 1.165) is 10.6 Å². The van der Waals surface area contributed by atoms with Crippen LogP contribution in [0.3, 0.4) is 0 Å². The monoisotopic (exact) mass is 373 g/mol. The van der Waals surface area contributed by atoms with Crippen LogP contribution in [0.5, 0.6) is 0 Å². The average molecular weight is 374 g/mol. The summed E-state index contributed by atoms with van der Waals surface area (Å²) in [6.45, 7) is 4.99. The lowest BCUT2D eigenvalue weighted by atomic mass is 10.1. The number of aromatic nitrogens is 1. The van der Waals surface area contributed by atoms with E-state index in [0.29, 0.717) is 12.5 Å². The van der Waals surface area contributed by atoms with Crippen LogP contribution in [-0.2, 0) is 4.79 Å². The zero-order valence-electron chi connectivity index (χ0n) is 15.8. The number of hydrogen-bond donors (Lipinski definition) is 2. The van der Waals surface area contributed by atoms with Gasteiger partial charge < -0.3 is 15.5 Å². The normalized spacial score (nSPS) is 13.8. The predicted molar refractivity (Wildman–Crippen MR) is 108 cm³/mol. The van der Waals surface area contributed by atoms with Crippen LogP contribution in [0, 0.1) is 0 Å². The van der Waals surface area contributed by atoms with Crippen LogP contribution in [0.25, 0.3) is 0 Å². The Hall–Kier alpha value is -2.41. The highest BCUT2D eigenvalue weighted by molar-refractivity contribution is 7.09. The largest absolute Gasteiger partial charge is 0.356 e. The fraction of sp³-hybridized carbons (Fsp3) is 0.421. The van der Waals surface area contributed by atoms with Crippen molar-refractivity contribution in [2.75, 3.05) is 27.2 Å². The van der Waals surface area contributed by atoms with E-state index in [1.54, 1.807) is 30.3 Å². The van der Waals surface area contributed by atoms with E-state index in [2.05, 4.69) is 46.6 Å². The molecule has 6 nitrogen and oxygen atoms in total. The Morgan fingerprint density at radius 1 is 1.27 bits per heavy atom. The van der Waals surface area contributed by atoms with Crippen LogP contribution in [0.15, 0.2) is 46.9 Å². The van der Waals surface area contributed by atoms with Crippen LogP contribution in [0.1, 0.15) is 36.4 Å². The summed E-state index contributed by atoms with van der Waals surface area (Å²) in [6.07, 6.45) is 1.82. The summed E-state index contributed by atoms with van der Waals surface area (Å²) >= 11 is 1.64. The lowest BCUT2D eigenvalue weighted by Gasteiger charge is -2.20. The number of thiazole rings is 1. The van der Waals surface area contributed by atoms with Crippen molar-refractivity contribution in [2.45, 2.75) is 25.8 Å². The first-order valence-corrected chi connectivity index (χ1v) is 9.54. The predicted octanol–water partition coefficient (Wildman–Crippen LogP) is 2.63. The number of carbonyl (C=O) groups excluding carboxylic acids is 1. The number of amides is 1. The van der Waals surface area contributed by atoms with Gasteiger partial charge in [-0.15, -0.1) is 11.3 Å². The fourth-order valence-corrected chi connectivity index (χ4v) is 2.98. The van der Waals surface area contributed by atoms with Crippen molar-refractivity contribution in [1.82, 2.24) is 20.5 Å². The van der Waals surface area contributed by atoms with E-state index in [4.69, 9.17) is 0 Å². The number of guanidine groups is 1. The molecule has 140 valence electrons. The van der Waals surface area contributed by atoms with E-state index in [9.17, 15) is 4.79 Å². The number of hydrogen-bond acceptors (Lipinski definition) is 4. The lowest BCUT2D eigenvalue weighted by molar-refractivity contribution is -0.127. The molecule has 0 spiro atoms. The molecule has 26 heavy (non-hydrogen) atoms. The van der Waals surface area contributed by atoms with Gasteiger partial charge in [0.1, 0.15) is 6.54 Å². The maximum atomic E-state index is 11.9. The Labute approximate surface area is 159 Å². The van der Waals surface area contributed by atoms with Gasteiger partial charge in [0.2, 0.25) is 5.91 Å². The highest BCUT2D eigenvalue weighted by atomic mass is 32.1. The number of nitrogens with one attached hydrogen (secondary N) is 2. The van der Waals surface area contributed by atoms with Gasteiger partial charge >= 0.3 is 0 Å². The van der Waals surface area contributed by atoms with E-state index >= 15 is 0 Å². The average Bonchev–Trinajstić information content (AvgIpc) is 3.18. The standard InChI is InChI=1S/C19H27N5OS/c1-14(18-20-10-11-26-18)12-21-19(22-13-17(25)24(3)4)23-15(2)16-8-6-5-7-9-16/h5-11,14-15H,12-13H2,1-4H3,(H2,21,22,23). The number of carbonyl (C=O) groups is 1. The quantitative estimate of drug-likeness (QED) is 0.578. The highest BCUT2D eigenvalue weighted by Crippen LogP contribution is 2.16. The summed E-state index contributed by atoms with van der Waals surface area (Å²) in [6, 6.07) is 10.2. The van der Waals surface area contributed by atoms with Crippen LogP contribution >= 0.6 is 11.3 Å². The van der Waals surface area contributed by atoms with Gasteiger partial charge in [-0.25, -0.2) is 9.98 Å². The minimum atomic E-state index is -0.0357. The summed E-state index contributed by atoms with van der Waals surface area (Å²) < 4.78 is 0. The smallest absolute Gasteiger partial charge is 0.243 e. The van der Waals surface area contributed by atoms with Gasteiger partial charge in [0.25, 0.3) is 0 Å². The minimum absolute atomic E-state index is 0.0357. The molecule has 2 aromatic rings. The van der Waals surface area contributed by atoms with Crippen molar-refractivity contribution in [3.63, 3.8) is 0 Å². The number of benzene rings is 1. The molecule has 1 aromatic carbocycles. The third-order valence-corrected chi connectivity index (χ3v) is 4.98. The zero-order valence-corrected chi connectivity index (χ0v) is 16.6. The summed E-state index contributed by atoms with van der Waals surface area (Å²) in [4.78, 5) is 22.2. The van der Waals surface area contributed by atoms with Crippen LogP contribution in [-0.4, -0.2) is 48.9 Å². The number of rotatable bonds is 7. The van der Waals surface area contributed by atoms with Crippen molar-refractivity contribution in [3.8, 4) is 0 Å². The van der Waals surface area contributed by atoms with Crippen LogP contribution in [0.4, 0.5) is 0 Å². The number of nitrogens with zero attached hydrogens (tertiary/aromatic N) is 3. The molecule has 1 aromatic heterocycles. The zero-order chi connectivity index (χ0) is 18.9. The molecule has 0 radical (unpaired) electrons. The summed E-state index contributed by atoms with van der Waals surface area (Å²) in [7, 11) is 3.46. The first-order chi connectivity index (χ1) is 12.5. The minimum Gasteiger partial charge on any atom is -0.356 e. The molecule has 0 saturated heterocycles. The second-order valence-electron chi connectivity index (χ2n) is 6.38. The molecule has 0 saturated carbocycles. The van der Waals surface area contributed by atoms with Crippen molar-refractivity contribution in [1.29, 1.82) is 0 Å². The number of aliphatic imine (C=N–C) groups is 1. The summed E-state index contributed by atoms with van der Waals surface area (Å²) in [5.41, 5.74) is 1.16. The summed E-state index contributed by atoms with van der Waals surface area (Å²) in [5.74, 6) is 0.852. The van der Waals surface area contributed by atoms with Gasteiger partial charge in [0.05, 0.1) is 11.0 Å². The van der Waals surface area contributed by atoms with Gasteiger partial charge in [-0.3, -0.25) is 4.79 Å². The molecule has 2 rings (SSSR count). The van der Waals surface area contributed by atoms with Gasteiger partial charge in [0.15, 0.2) is 5.96 Å². The van der Waals surface area contributed by atoms with Crippen molar-refractivity contribution in [2.24, 2.45) is 4.99 Å². The van der Waals surface area contributed by atoms with Gasteiger partial charge in [0, 0.05) is 38.1 Å². The molecular weight excluding hydrogens is 346 g/mol. The van der Waals surface area contributed by atoms with Gasteiger partial charge in [-0.1, -0.05) is 37.3 Å². The molecule has 2 atom stereocenters. The molecule has 0 fully saturated rings. The third kappa shape index (κ3) is 6.15. The van der Waals surface area contributed by atoms with Crippen molar-refractivity contribution >= 4 is 23.2 Å². The third-order valence-electron chi connectivity index (χ3n) is 3.97. The first-order valence-electron chi connectivity index (χ1n) is 8.66. The first kappa shape index (κ1) is 19.9. The second-order valence-corrected chi connectivity index (χ2v) is 7.31. The molecule has 1 amide bonds. The molecule has 0 aliphatic rings. The second kappa shape index (κ2) is 9.91. The Bertz CT molecular complexity index is 700. The lowest BCUT2D eigenvalue weighted by Crippen LogP contribution is -2.41. The Morgan fingerprint density at radius 2 is 2.00 bits per heavy atom. The molecule has 0 bridgehead atoms. The van der Waals surface area contributed by atoms with Crippen LogP contribution in [0.2, 0.25) is 0 Å². The molecule has 0 aliphatic heterocycles. The molecule has 1 heterocycles. The number of likely N-dealkylation sites (N-methyl/N-ethyl adjacent to an activating group) is 1. The SMILES string of the molecule is CC(CNC(=NCC(=O)N(C)C)NC(C)c1ccccc1)c1nccs1. The summed E-state index contributed by atoms with van der Waals surface area (Å²) in [5, 5.41) is 9.78. The van der Waals surface area contributed by atoms with E-state index in [1.165, 1.54) is 0 Å². The fourth-order valence-electron chi connectivity index (χ4n) is 2.29. The Kier molecular flexibility index (Phi) is 7.59. The molecule has 0 aliphatic carbocycles. The van der Waals surface area contributed by atoms with Crippen molar-refractivity contribution in [3.05, 3.63) is 52.5 Å². The molecule has 7 heteroatoms. The molecule has 2 N–H and O–H groups in total.